The lowest BCUT2D eigenvalue weighted by molar-refractivity contribution is -0.119. The van der Waals surface area contributed by atoms with Crippen LogP contribution in [-0.2, 0) is 11.2 Å². The Morgan fingerprint density at radius 2 is 1.83 bits per heavy atom. The van der Waals surface area contributed by atoms with Crippen LogP contribution in [0.4, 0.5) is 5.69 Å². The van der Waals surface area contributed by atoms with E-state index in [1.807, 2.05) is 24.1 Å². The number of benzene rings is 2. The molecule has 0 saturated carbocycles. The van der Waals surface area contributed by atoms with Crippen LogP contribution in [0.3, 0.4) is 0 Å². The van der Waals surface area contributed by atoms with Crippen molar-refractivity contribution >= 4 is 46.2 Å². The van der Waals surface area contributed by atoms with Gasteiger partial charge in [0.25, 0.3) is 5.91 Å². The molecule has 7 heteroatoms. The monoisotopic (exact) mass is 442 g/mol. The van der Waals surface area contributed by atoms with Gasteiger partial charge in [0, 0.05) is 35.7 Å². The first-order chi connectivity index (χ1) is 14.4. The maximum absolute atomic E-state index is 12.8. The molecule has 1 aliphatic carbocycles. The predicted molar refractivity (Wildman–Crippen MR) is 123 cm³/mol. The lowest BCUT2D eigenvalue weighted by Gasteiger charge is -2.27. The molecule has 2 aromatic rings. The molecule has 0 spiro atoms. The highest BCUT2D eigenvalue weighted by Crippen LogP contribution is 2.37. The molecule has 1 heterocycles. The Bertz CT molecular complexity index is 1040. The van der Waals surface area contributed by atoms with Crippen LogP contribution in [0.15, 0.2) is 42.0 Å². The second kappa shape index (κ2) is 8.80. The number of halogens is 2. The summed E-state index contributed by atoms with van der Waals surface area (Å²) in [5, 5.41) is 14.9. The van der Waals surface area contributed by atoms with Crippen molar-refractivity contribution < 1.29 is 4.79 Å². The largest absolute Gasteiger partial charge is 0.354 e. The Morgan fingerprint density at radius 1 is 1.07 bits per heavy atom. The number of carbonyl (C=O) groups excluding carboxylic acids is 1. The van der Waals surface area contributed by atoms with Crippen molar-refractivity contribution in [1.29, 1.82) is 5.41 Å². The first-order valence-electron chi connectivity index (χ1n) is 10.1. The van der Waals surface area contributed by atoms with E-state index in [4.69, 9.17) is 28.6 Å². The number of rotatable bonds is 5. The van der Waals surface area contributed by atoms with Crippen molar-refractivity contribution in [3.63, 3.8) is 0 Å². The van der Waals surface area contributed by atoms with Gasteiger partial charge in [0.05, 0.1) is 16.4 Å². The van der Waals surface area contributed by atoms with Crippen molar-refractivity contribution in [2.75, 3.05) is 18.4 Å². The fourth-order valence-electron chi connectivity index (χ4n) is 3.98. The molecule has 30 heavy (non-hydrogen) atoms. The van der Waals surface area contributed by atoms with E-state index in [2.05, 4.69) is 16.8 Å². The summed E-state index contributed by atoms with van der Waals surface area (Å²) in [5.74, 6) is -0.377. The van der Waals surface area contributed by atoms with E-state index in [1.54, 1.807) is 18.2 Å². The number of hydrogen-bond donors (Lipinski definition) is 3. The van der Waals surface area contributed by atoms with E-state index in [9.17, 15) is 4.79 Å². The van der Waals surface area contributed by atoms with Gasteiger partial charge in [-0.2, -0.15) is 0 Å². The smallest absolute Gasteiger partial charge is 0.283 e. The van der Waals surface area contributed by atoms with Gasteiger partial charge in [-0.25, -0.2) is 5.01 Å². The predicted octanol–water partition coefficient (Wildman–Crippen LogP) is 5.22. The van der Waals surface area contributed by atoms with E-state index in [-0.39, 0.29) is 11.6 Å². The van der Waals surface area contributed by atoms with Crippen molar-refractivity contribution in [3.8, 4) is 0 Å². The van der Waals surface area contributed by atoms with Crippen molar-refractivity contribution in [3.05, 3.63) is 68.7 Å². The minimum Gasteiger partial charge on any atom is -0.354 e. The molecule has 1 fully saturated rings. The third-order valence-corrected chi connectivity index (χ3v) is 6.08. The molecule has 0 bridgehead atoms. The fraction of sp³-hybridized carbons (Fsp3) is 0.304. The van der Waals surface area contributed by atoms with Crippen LogP contribution in [0.5, 0.6) is 0 Å². The lowest BCUT2D eigenvalue weighted by atomic mass is 10.0. The Hall–Kier alpha value is -2.34. The summed E-state index contributed by atoms with van der Waals surface area (Å²) < 4.78 is 0. The number of hydrogen-bond acceptors (Lipinski definition) is 4. The summed E-state index contributed by atoms with van der Waals surface area (Å²) in [7, 11) is 0. The number of anilines is 1. The molecule has 1 amide bonds. The highest BCUT2D eigenvalue weighted by molar-refractivity contribution is 6.46. The third-order valence-electron chi connectivity index (χ3n) is 5.53. The minimum absolute atomic E-state index is 0.0259. The van der Waals surface area contributed by atoms with Crippen LogP contribution in [0.25, 0.3) is 5.70 Å². The number of fused-ring (bicyclic) bond motifs is 1. The summed E-state index contributed by atoms with van der Waals surface area (Å²) in [6, 6.07) is 11.4. The van der Waals surface area contributed by atoms with Crippen LogP contribution >= 0.6 is 23.2 Å². The van der Waals surface area contributed by atoms with E-state index >= 15 is 0 Å². The molecule has 1 aliphatic heterocycles. The molecule has 0 aromatic heterocycles. The number of hydrazine groups is 1. The summed E-state index contributed by atoms with van der Waals surface area (Å²) in [5.41, 5.74) is 8.18. The average molecular weight is 443 g/mol. The summed E-state index contributed by atoms with van der Waals surface area (Å²) in [6.07, 6.45) is 3.82. The highest BCUT2D eigenvalue weighted by atomic mass is 35.5. The fourth-order valence-corrected chi connectivity index (χ4v) is 4.43. The van der Waals surface area contributed by atoms with E-state index in [0.29, 0.717) is 27.7 Å². The molecule has 4 rings (SSSR count). The SMILES string of the molecule is Cc1ccc2c(c1)CC(C(=N)C(=O)NN1CCCCC1)=C2Nc1ccc(Cl)cc1Cl. The first-order valence-corrected chi connectivity index (χ1v) is 10.9. The Morgan fingerprint density at radius 3 is 2.57 bits per heavy atom. The van der Waals surface area contributed by atoms with Crippen LogP contribution in [-0.4, -0.2) is 29.7 Å². The number of aryl methyl sites for hydroxylation is 1. The molecule has 3 N–H and O–H groups in total. The zero-order valence-corrected chi connectivity index (χ0v) is 18.3. The van der Waals surface area contributed by atoms with Crippen LogP contribution in [0.1, 0.15) is 36.0 Å². The Balaban J connectivity index is 1.65. The van der Waals surface area contributed by atoms with Gasteiger partial charge in [-0.15, -0.1) is 0 Å². The normalized spacial score (nSPS) is 16.4. The standard InChI is InChI=1S/C23H24Cl2N4O/c1-14-5-7-17-15(11-14)12-18(21(26)23(30)28-29-9-3-2-4-10-29)22(17)27-20-8-6-16(24)13-19(20)25/h5-8,11,13,26-27H,2-4,9-10,12H2,1H3,(H,28,30). The molecule has 0 atom stereocenters. The Labute approximate surface area is 186 Å². The number of nitrogens with one attached hydrogen (secondary N) is 3. The summed E-state index contributed by atoms with van der Waals surface area (Å²) in [4.78, 5) is 12.8. The molecule has 0 unspecified atom stereocenters. The zero-order chi connectivity index (χ0) is 21.3. The molecule has 2 aliphatic rings. The minimum atomic E-state index is -0.377. The number of amides is 1. The Kier molecular flexibility index (Phi) is 6.14. The van der Waals surface area contributed by atoms with Gasteiger partial charge in [0.2, 0.25) is 0 Å². The summed E-state index contributed by atoms with van der Waals surface area (Å²) in [6.45, 7) is 3.68. The molecule has 0 radical (unpaired) electrons. The maximum atomic E-state index is 12.8. The van der Waals surface area contributed by atoms with Crippen LogP contribution in [0.2, 0.25) is 10.0 Å². The molecule has 156 valence electrons. The van der Waals surface area contributed by atoms with Crippen molar-refractivity contribution in [1.82, 2.24) is 10.4 Å². The lowest BCUT2D eigenvalue weighted by Crippen LogP contribution is -2.47. The highest BCUT2D eigenvalue weighted by Gasteiger charge is 2.29. The topological polar surface area (TPSA) is 68.2 Å². The molecule has 1 saturated heterocycles. The number of piperidine rings is 1. The summed E-state index contributed by atoms with van der Waals surface area (Å²) >= 11 is 12.4. The quantitative estimate of drug-likeness (QED) is 0.556. The van der Waals surface area contributed by atoms with Gasteiger partial charge >= 0.3 is 0 Å². The van der Waals surface area contributed by atoms with Crippen molar-refractivity contribution in [2.24, 2.45) is 0 Å². The maximum Gasteiger partial charge on any atom is 0.283 e. The number of carbonyl (C=O) groups is 1. The average Bonchev–Trinajstić information content (AvgIpc) is 3.07. The zero-order valence-electron chi connectivity index (χ0n) is 16.8. The van der Waals surface area contributed by atoms with E-state index < -0.39 is 0 Å². The van der Waals surface area contributed by atoms with Crippen LogP contribution in [0, 0.1) is 12.3 Å². The van der Waals surface area contributed by atoms with Gasteiger partial charge in [0.1, 0.15) is 5.71 Å². The second-order valence-electron chi connectivity index (χ2n) is 7.80. The number of nitrogens with zero attached hydrogens (tertiary/aromatic N) is 1. The van der Waals surface area contributed by atoms with Gasteiger partial charge in [-0.1, -0.05) is 53.4 Å². The van der Waals surface area contributed by atoms with Gasteiger partial charge < -0.3 is 5.32 Å². The molecular formula is C23H24Cl2N4O. The van der Waals surface area contributed by atoms with E-state index in [0.717, 1.165) is 48.3 Å². The molecule has 5 nitrogen and oxygen atoms in total. The van der Waals surface area contributed by atoms with Crippen molar-refractivity contribution in [2.45, 2.75) is 32.6 Å². The first kappa shape index (κ1) is 20.9. The third kappa shape index (κ3) is 4.38. The van der Waals surface area contributed by atoms with Crippen LogP contribution < -0.4 is 10.7 Å². The van der Waals surface area contributed by atoms with Gasteiger partial charge in [-0.3, -0.25) is 15.6 Å². The van der Waals surface area contributed by atoms with E-state index in [1.165, 1.54) is 6.42 Å². The molecule has 2 aromatic carbocycles. The second-order valence-corrected chi connectivity index (χ2v) is 8.65. The van der Waals surface area contributed by atoms with Gasteiger partial charge in [0.15, 0.2) is 0 Å². The van der Waals surface area contributed by atoms with Gasteiger partial charge in [-0.05, 0) is 43.5 Å². The molecular weight excluding hydrogens is 419 g/mol.